The summed E-state index contributed by atoms with van der Waals surface area (Å²) in [6.07, 6.45) is 3.98. The summed E-state index contributed by atoms with van der Waals surface area (Å²) in [7, 11) is 0. The first-order valence-corrected chi connectivity index (χ1v) is 8.39. The molecule has 1 N–H and O–H groups in total. The van der Waals surface area contributed by atoms with Gasteiger partial charge in [-0.25, -0.2) is 9.97 Å². The van der Waals surface area contributed by atoms with Gasteiger partial charge in [0.2, 0.25) is 5.89 Å². The summed E-state index contributed by atoms with van der Waals surface area (Å²) in [5.74, 6) is 2.38. The Bertz CT molecular complexity index is 706. The molecule has 0 bridgehead atoms. The van der Waals surface area contributed by atoms with Gasteiger partial charge in [-0.3, -0.25) is 4.90 Å². The summed E-state index contributed by atoms with van der Waals surface area (Å²) in [6, 6.07) is 5.77. The fraction of sp³-hybridized carbons (Fsp3) is 0.500. The minimum atomic E-state index is 0.450. The number of nitriles is 1. The number of piperidine rings is 1. The Kier molecular flexibility index (Phi) is 5.11. The lowest BCUT2D eigenvalue weighted by Crippen LogP contribution is -2.35. The fourth-order valence-electron chi connectivity index (χ4n) is 3.01. The van der Waals surface area contributed by atoms with E-state index in [2.05, 4.69) is 26.3 Å². The molecule has 0 amide bonds. The number of aromatic nitrogens is 2. The van der Waals surface area contributed by atoms with Gasteiger partial charge in [0.1, 0.15) is 17.5 Å². The molecule has 126 valence electrons. The van der Waals surface area contributed by atoms with Crippen LogP contribution in [0.4, 0.5) is 5.69 Å². The van der Waals surface area contributed by atoms with Crippen molar-refractivity contribution < 1.29 is 4.42 Å². The smallest absolute Gasteiger partial charge is 0.208 e. The SMILES string of the molecule is Cc1nc(CN2CCC(CNc3ccnc(C#N)c3)CC2)oc1C. The molecule has 0 atom stereocenters. The molecule has 0 saturated carbocycles. The Labute approximate surface area is 142 Å². The van der Waals surface area contributed by atoms with Crippen LogP contribution in [0.5, 0.6) is 0 Å². The number of rotatable bonds is 5. The molecule has 2 aromatic heterocycles. The average molecular weight is 325 g/mol. The number of nitrogens with zero attached hydrogens (tertiary/aromatic N) is 4. The third-order valence-corrected chi connectivity index (χ3v) is 4.61. The molecule has 0 aliphatic carbocycles. The molecule has 6 nitrogen and oxygen atoms in total. The summed E-state index contributed by atoms with van der Waals surface area (Å²) in [6.45, 7) is 7.79. The average Bonchev–Trinajstić information content (AvgIpc) is 2.92. The van der Waals surface area contributed by atoms with Crippen molar-refractivity contribution in [2.45, 2.75) is 33.2 Å². The molecule has 3 rings (SSSR count). The number of oxazole rings is 1. The molecule has 2 aromatic rings. The van der Waals surface area contributed by atoms with E-state index in [9.17, 15) is 0 Å². The topological polar surface area (TPSA) is 78.0 Å². The van der Waals surface area contributed by atoms with Crippen LogP contribution in [0.1, 0.15) is 35.9 Å². The minimum Gasteiger partial charge on any atom is -0.444 e. The highest BCUT2D eigenvalue weighted by Crippen LogP contribution is 2.20. The molecule has 0 unspecified atom stereocenters. The van der Waals surface area contributed by atoms with Crippen LogP contribution in [-0.2, 0) is 6.54 Å². The van der Waals surface area contributed by atoms with Gasteiger partial charge < -0.3 is 9.73 Å². The van der Waals surface area contributed by atoms with Crippen molar-refractivity contribution in [2.75, 3.05) is 25.0 Å². The van der Waals surface area contributed by atoms with E-state index in [1.165, 1.54) is 0 Å². The molecule has 0 radical (unpaired) electrons. The zero-order valence-corrected chi connectivity index (χ0v) is 14.2. The van der Waals surface area contributed by atoms with Crippen LogP contribution in [0.25, 0.3) is 0 Å². The predicted octanol–water partition coefficient (Wildman–Crippen LogP) is 2.88. The van der Waals surface area contributed by atoms with Gasteiger partial charge in [-0.2, -0.15) is 5.26 Å². The van der Waals surface area contributed by atoms with Gasteiger partial charge in [0, 0.05) is 18.4 Å². The first kappa shape index (κ1) is 16.5. The lowest BCUT2D eigenvalue weighted by atomic mass is 9.96. The van der Waals surface area contributed by atoms with E-state index in [-0.39, 0.29) is 0 Å². The second-order valence-electron chi connectivity index (χ2n) is 6.39. The van der Waals surface area contributed by atoms with Crippen LogP contribution in [-0.4, -0.2) is 34.5 Å². The van der Waals surface area contributed by atoms with E-state index in [0.29, 0.717) is 11.6 Å². The lowest BCUT2D eigenvalue weighted by molar-refractivity contribution is 0.167. The van der Waals surface area contributed by atoms with E-state index in [0.717, 1.165) is 62.1 Å². The number of aryl methyl sites for hydroxylation is 2. The maximum atomic E-state index is 8.89. The van der Waals surface area contributed by atoms with Crippen molar-refractivity contribution >= 4 is 5.69 Å². The summed E-state index contributed by atoms with van der Waals surface area (Å²) in [5.41, 5.74) is 2.40. The number of hydrogen-bond acceptors (Lipinski definition) is 6. The number of hydrogen-bond donors (Lipinski definition) is 1. The molecule has 0 spiro atoms. The van der Waals surface area contributed by atoms with Crippen molar-refractivity contribution in [1.82, 2.24) is 14.9 Å². The zero-order valence-electron chi connectivity index (χ0n) is 14.2. The van der Waals surface area contributed by atoms with E-state index < -0.39 is 0 Å². The van der Waals surface area contributed by atoms with Gasteiger partial charge in [0.25, 0.3) is 0 Å². The van der Waals surface area contributed by atoms with Crippen LogP contribution < -0.4 is 5.32 Å². The summed E-state index contributed by atoms with van der Waals surface area (Å²) in [4.78, 5) is 10.9. The van der Waals surface area contributed by atoms with Gasteiger partial charge in [0.05, 0.1) is 12.2 Å². The second kappa shape index (κ2) is 7.45. The van der Waals surface area contributed by atoms with Gasteiger partial charge in [-0.05, 0) is 57.8 Å². The minimum absolute atomic E-state index is 0.450. The largest absolute Gasteiger partial charge is 0.444 e. The molecular weight excluding hydrogens is 302 g/mol. The highest BCUT2D eigenvalue weighted by Gasteiger charge is 2.20. The van der Waals surface area contributed by atoms with Gasteiger partial charge in [0.15, 0.2) is 0 Å². The second-order valence-corrected chi connectivity index (χ2v) is 6.39. The molecule has 1 aliphatic heterocycles. The maximum Gasteiger partial charge on any atom is 0.208 e. The van der Waals surface area contributed by atoms with Crippen molar-refractivity contribution in [3.05, 3.63) is 41.4 Å². The number of anilines is 1. The van der Waals surface area contributed by atoms with Crippen molar-refractivity contribution in [3.8, 4) is 6.07 Å². The Hall–Kier alpha value is -2.39. The summed E-state index contributed by atoms with van der Waals surface area (Å²) < 4.78 is 5.67. The Morgan fingerprint density at radius 1 is 1.38 bits per heavy atom. The first-order chi connectivity index (χ1) is 11.6. The van der Waals surface area contributed by atoms with Crippen LogP contribution in [0, 0.1) is 31.1 Å². The Balaban J connectivity index is 1.44. The molecule has 3 heterocycles. The monoisotopic (exact) mass is 325 g/mol. The summed E-state index contributed by atoms with van der Waals surface area (Å²) in [5, 5.41) is 12.3. The summed E-state index contributed by atoms with van der Waals surface area (Å²) >= 11 is 0. The third-order valence-electron chi connectivity index (χ3n) is 4.61. The Morgan fingerprint density at radius 2 is 2.17 bits per heavy atom. The maximum absolute atomic E-state index is 8.89. The van der Waals surface area contributed by atoms with E-state index in [1.54, 1.807) is 12.3 Å². The molecule has 0 aromatic carbocycles. The highest BCUT2D eigenvalue weighted by molar-refractivity contribution is 5.45. The number of likely N-dealkylation sites (tertiary alicyclic amines) is 1. The standard InChI is InChI=1S/C18H23N5O/c1-13-14(2)24-18(22-13)12-23-7-4-15(5-8-23)11-21-16-3-6-20-17(9-16)10-19/h3,6,9,15H,4-5,7-8,11-12H2,1-2H3,(H,20,21). The lowest BCUT2D eigenvalue weighted by Gasteiger charge is -2.31. The van der Waals surface area contributed by atoms with Crippen molar-refractivity contribution in [3.63, 3.8) is 0 Å². The highest BCUT2D eigenvalue weighted by atomic mass is 16.4. The predicted molar refractivity (Wildman–Crippen MR) is 91.4 cm³/mol. The number of nitrogens with one attached hydrogen (secondary N) is 1. The molecule has 6 heteroatoms. The van der Waals surface area contributed by atoms with Crippen molar-refractivity contribution in [1.29, 1.82) is 5.26 Å². The van der Waals surface area contributed by atoms with E-state index in [4.69, 9.17) is 9.68 Å². The normalized spacial score (nSPS) is 16.0. The molecule has 1 fully saturated rings. The Morgan fingerprint density at radius 3 is 2.83 bits per heavy atom. The molecule has 1 aliphatic rings. The molecule has 24 heavy (non-hydrogen) atoms. The zero-order chi connectivity index (χ0) is 16.9. The van der Waals surface area contributed by atoms with Crippen LogP contribution in [0.15, 0.2) is 22.7 Å². The van der Waals surface area contributed by atoms with Gasteiger partial charge in [-0.1, -0.05) is 0 Å². The van der Waals surface area contributed by atoms with Gasteiger partial charge >= 0.3 is 0 Å². The van der Waals surface area contributed by atoms with Crippen molar-refractivity contribution in [2.24, 2.45) is 5.92 Å². The van der Waals surface area contributed by atoms with E-state index >= 15 is 0 Å². The molecule has 1 saturated heterocycles. The van der Waals surface area contributed by atoms with Gasteiger partial charge in [-0.15, -0.1) is 0 Å². The van der Waals surface area contributed by atoms with Crippen LogP contribution in [0.2, 0.25) is 0 Å². The number of pyridine rings is 1. The first-order valence-electron chi connectivity index (χ1n) is 8.39. The van der Waals surface area contributed by atoms with E-state index in [1.807, 2.05) is 19.9 Å². The fourth-order valence-corrected chi connectivity index (χ4v) is 3.01. The van der Waals surface area contributed by atoms with Crippen LogP contribution >= 0.6 is 0 Å². The molecular formula is C18H23N5O. The van der Waals surface area contributed by atoms with Crippen LogP contribution in [0.3, 0.4) is 0 Å². The third kappa shape index (κ3) is 4.12. The quantitative estimate of drug-likeness (QED) is 0.911.